The summed E-state index contributed by atoms with van der Waals surface area (Å²) in [7, 11) is 0. The third kappa shape index (κ3) is 4.18. The molecule has 32 heavy (non-hydrogen) atoms. The number of carbonyl (C=O) groups excluding carboxylic acids is 2. The second-order valence-corrected chi connectivity index (χ2v) is 7.59. The molecule has 0 radical (unpaired) electrons. The predicted octanol–water partition coefficient (Wildman–Crippen LogP) is 4.02. The molecule has 2 aromatic carbocycles. The van der Waals surface area contributed by atoms with Gasteiger partial charge in [0.15, 0.2) is 5.78 Å². The van der Waals surface area contributed by atoms with Crippen LogP contribution in [-0.2, 0) is 11.3 Å². The smallest absolute Gasteiger partial charge is 0.244 e. The highest BCUT2D eigenvalue weighted by Crippen LogP contribution is 2.18. The number of anilines is 1. The number of nitrogens with one attached hydrogen (secondary N) is 1. The fraction of sp³-hybridized carbons (Fsp3) is 0.120. The van der Waals surface area contributed by atoms with Crippen LogP contribution in [0.1, 0.15) is 27.0 Å². The maximum absolute atomic E-state index is 14.0. The Morgan fingerprint density at radius 3 is 2.53 bits per heavy atom. The first-order valence-electron chi connectivity index (χ1n) is 9.98. The highest BCUT2D eigenvalue weighted by molar-refractivity contribution is 6.10. The number of hydrogen-bond acceptors (Lipinski definition) is 4. The van der Waals surface area contributed by atoms with Crippen molar-refractivity contribution in [1.29, 1.82) is 0 Å². The van der Waals surface area contributed by atoms with Crippen LogP contribution in [0.2, 0.25) is 0 Å². The Balaban J connectivity index is 1.77. The lowest BCUT2D eigenvalue weighted by Crippen LogP contribution is -2.24. The van der Waals surface area contributed by atoms with Gasteiger partial charge in [-0.15, -0.1) is 0 Å². The van der Waals surface area contributed by atoms with Crippen LogP contribution in [-0.4, -0.2) is 21.2 Å². The van der Waals surface area contributed by atoms with E-state index in [4.69, 9.17) is 0 Å². The number of amides is 1. The highest BCUT2D eigenvalue weighted by atomic mass is 19.1. The summed E-state index contributed by atoms with van der Waals surface area (Å²) in [6, 6.07) is 12.4. The van der Waals surface area contributed by atoms with Crippen molar-refractivity contribution in [2.45, 2.75) is 20.4 Å². The van der Waals surface area contributed by atoms with E-state index in [0.717, 1.165) is 17.2 Å². The maximum atomic E-state index is 14.0. The van der Waals surface area contributed by atoms with Crippen molar-refractivity contribution in [1.82, 2.24) is 9.55 Å². The van der Waals surface area contributed by atoms with Gasteiger partial charge in [0.05, 0.1) is 11.1 Å². The Hall–Kier alpha value is -4.13. The molecule has 0 saturated heterocycles. The van der Waals surface area contributed by atoms with Gasteiger partial charge in [-0.25, -0.2) is 4.39 Å². The zero-order valence-electron chi connectivity index (χ0n) is 17.6. The Morgan fingerprint density at radius 2 is 1.78 bits per heavy atom. The van der Waals surface area contributed by atoms with Gasteiger partial charge < -0.3 is 9.88 Å². The SMILES string of the molecule is Cc1ccc(C)c(NC(=O)Cn2cc(C(=O)c3ccncc3)c(=O)c3ccc(F)cc32)c1. The molecule has 0 aliphatic heterocycles. The van der Waals surface area contributed by atoms with Crippen LogP contribution in [0.3, 0.4) is 0 Å². The summed E-state index contributed by atoms with van der Waals surface area (Å²) < 4.78 is 15.4. The average Bonchev–Trinajstić information content (AvgIpc) is 2.78. The minimum absolute atomic E-state index is 0.102. The number of rotatable bonds is 5. The second-order valence-electron chi connectivity index (χ2n) is 7.59. The molecule has 1 N–H and O–H groups in total. The Kier molecular flexibility index (Phi) is 5.64. The van der Waals surface area contributed by atoms with Crippen LogP contribution in [0.4, 0.5) is 10.1 Å². The van der Waals surface area contributed by atoms with Crippen molar-refractivity contribution in [3.8, 4) is 0 Å². The van der Waals surface area contributed by atoms with Gasteiger partial charge in [0, 0.05) is 35.2 Å². The minimum atomic E-state index is -0.547. The molecule has 0 aliphatic rings. The number of ketones is 1. The van der Waals surface area contributed by atoms with E-state index in [0.29, 0.717) is 11.3 Å². The lowest BCUT2D eigenvalue weighted by atomic mass is 10.0. The summed E-state index contributed by atoms with van der Waals surface area (Å²) in [5.41, 5.74) is 2.46. The first-order valence-corrected chi connectivity index (χ1v) is 9.98. The number of benzene rings is 2. The normalized spacial score (nSPS) is 10.8. The zero-order chi connectivity index (χ0) is 22.8. The van der Waals surface area contributed by atoms with Crippen LogP contribution in [0.25, 0.3) is 10.9 Å². The van der Waals surface area contributed by atoms with Gasteiger partial charge in [0.1, 0.15) is 12.4 Å². The first kappa shape index (κ1) is 21.1. The summed E-state index contributed by atoms with van der Waals surface area (Å²) in [6.07, 6.45) is 4.23. The van der Waals surface area contributed by atoms with Crippen LogP contribution < -0.4 is 10.7 Å². The Bertz CT molecular complexity index is 1410. The molecular weight excluding hydrogens is 409 g/mol. The highest BCUT2D eigenvalue weighted by Gasteiger charge is 2.19. The van der Waals surface area contributed by atoms with Crippen LogP contribution in [0.15, 0.2) is 71.9 Å². The molecule has 6 nitrogen and oxygen atoms in total. The number of aromatic nitrogens is 2. The van der Waals surface area contributed by atoms with Gasteiger partial charge >= 0.3 is 0 Å². The fourth-order valence-corrected chi connectivity index (χ4v) is 3.53. The molecule has 0 spiro atoms. The van der Waals surface area contributed by atoms with Crippen molar-refractivity contribution < 1.29 is 14.0 Å². The van der Waals surface area contributed by atoms with Crippen molar-refractivity contribution >= 4 is 28.3 Å². The Labute approximate surface area is 183 Å². The van der Waals surface area contributed by atoms with Crippen molar-refractivity contribution in [2.24, 2.45) is 0 Å². The third-order valence-electron chi connectivity index (χ3n) is 5.21. The number of aryl methyl sites for hydroxylation is 2. The molecule has 0 unspecified atom stereocenters. The van der Waals surface area contributed by atoms with Gasteiger partial charge in [-0.1, -0.05) is 12.1 Å². The standard InChI is InChI=1S/C25H20FN3O3/c1-15-3-4-16(2)21(11-15)28-23(30)14-29-13-20(24(31)17-7-9-27-10-8-17)25(32)19-6-5-18(26)12-22(19)29/h3-13H,14H2,1-2H3,(H,28,30). The van der Waals surface area contributed by atoms with Gasteiger partial charge in [-0.3, -0.25) is 19.4 Å². The predicted molar refractivity (Wildman–Crippen MR) is 120 cm³/mol. The zero-order valence-corrected chi connectivity index (χ0v) is 17.6. The molecule has 0 aliphatic carbocycles. The summed E-state index contributed by atoms with van der Waals surface area (Å²) >= 11 is 0. The van der Waals surface area contributed by atoms with Crippen LogP contribution in [0.5, 0.6) is 0 Å². The number of fused-ring (bicyclic) bond motifs is 1. The largest absolute Gasteiger partial charge is 0.337 e. The molecule has 7 heteroatoms. The van der Waals surface area contributed by atoms with Crippen LogP contribution >= 0.6 is 0 Å². The number of carbonyl (C=O) groups is 2. The van der Waals surface area contributed by atoms with Gasteiger partial charge in [-0.2, -0.15) is 0 Å². The number of hydrogen-bond donors (Lipinski definition) is 1. The number of nitrogens with zero attached hydrogens (tertiary/aromatic N) is 2. The van der Waals surface area contributed by atoms with Gasteiger partial charge in [0.25, 0.3) is 0 Å². The quantitative estimate of drug-likeness (QED) is 0.486. The minimum Gasteiger partial charge on any atom is -0.337 e. The molecule has 0 atom stereocenters. The van der Waals surface area contributed by atoms with E-state index >= 15 is 0 Å². The monoisotopic (exact) mass is 429 g/mol. The van der Waals surface area contributed by atoms with E-state index in [9.17, 15) is 18.8 Å². The van der Waals surface area contributed by atoms with Crippen molar-refractivity contribution in [3.63, 3.8) is 0 Å². The summed E-state index contributed by atoms with van der Waals surface area (Å²) in [5.74, 6) is -1.41. The molecular formula is C25H20FN3O3. The third-order valence-corrected chi connectivity index (χ3v) is 5.21. The molecule has 0 fully saturated rings. The second kappa shape index (κ2) is 8.55. The average molecular weight is 429 g/mol. The molecule has 4 rings (SSSR count). The Morgan fingerprint density at radius 1 is 1.03 bits per heavy atom. The van der Waals surface area contributed by atoms with E-state index < -0.39 is 17.0 Å². The van der Waals surface area contributed by atoms with Crippen LogP contribution in [0, 0.1) is 19.7 Å². The number of halogens is 1. The summed E-state index contributed by atoms with van der Waals surface area (Å²) in [5, 5.41) is 3.01. The van der Waals surface area contributed by atoms with E-state index in [1.165, 1.54) is 47.4 Å². The van der Waals surface area contributed by atoms with Crippen molar-refractivity contribution in [3.05, 3.63) is 105 Å². The summed E-state index contributed by atoms with van der Waals surface area (Å²) in [4.78, 5) is 42.7. The molecule has 0 saturated carbocycles. The maximum Gasteiger partial charge on any atom is 0.244 e. The molecule has 4 aromatic rings. The lowest BCUT2D eigenvalue weighted by molar-refractivity contribution is -0.116. The molecule has 2 aromatic heterocycles. The van der Waals surface area contributed by atoms with E-state index in [1.807, 2.05) is 32.0 Å². The molecule has 1 amide bonds. The van der Waals surface area contributed by atoms with Gasteiger partial charge in [-0.05, 0) is 61.4 Å². The van der Waals surface area contributed by atoms with E-state index in [-0.39, 0.29) is 28.9 Å². The van der Waals surface area contributed by atoms with E-state index in [1.54, 1.807) is 0 Å². The van der Waals surface area contributed by atoms with Gasteiger partial charge in [0.2, 0.25) is 11.3 Å². The topological polar surface area (TPSA) is 81.1 Å². The summed E-state index contributed by atoms with van der Waals surface area (Å²) in [6.45, 7) is 3.60. The van der Waals surface area contributed by atoms with E-state index in [2.05, 4.69) is 10.3 Å². The number of pyridine rings is 2. The molecule has 0 bridgehead atoms. The van der Waals surface area contributed by atoms with Crippen molar-refractivity contribution in [2.75, 3.05) is 5.32 Å². The first-order chi connectivity index (χ1) is 15.3. The fourth-order valence-electron chi connectivity index (χ4n) is 3.53. The lowest BCUT2D eigenvalue weighted by Gasteiger charge is -2.14. The molecule has 2 heterocycles. The molecule has 160 valence electrons.